The van der Waals surface area contributed by atoms with E-state index in [9.17, 15) is 4.79 Å². The summed E-state index contributed by atoms with van der Waals surface area (Å²) in [6, 6.07) is 0.332. The number of rotatable bonds is 4. The fraction of sp³-hybridized carbons (Fsp3) is 0.917. The van der Waals surface area contributed by atoms with Gasteiger partial charge in [0.25, 0.3) is 0 Å². The molecule has 0 aromatic heterocycles. The van der Waals surface area contributed by atoms with E-state index in [0.717, 1.165) is 0 Å². The molecule has 0 aromatic rings. The molecule has 88 valence electrons. The minimum absolute atomic E-state index is 0.139. The Morgan fingerprint density at radius 3 is 2.07 bits per heavy atom. The number of likely N-dealkylation sites (N-methyl/N-ethyl adjacent to an activating group) is 1. The van der Waals surface area contributed by atoms with E-state index in [-0.39, 0.29) is 22.7 Å². The molecule has 3 nitrogen and oxygen atoms in total. The monoisotopic (exact) mass is 212 g/mol. The molecule has 0 saturated heterocycles. The van der Waals surface area contributed by atoms with Crippen molar-refractivity contribution in [3.05, 3.63) is 0 Å². The van der Waals surface area contributed by atoms with E-state index >= 15 is 0 Å². The van der Waals surface area contributed by atoms with E-state index in [1.54, 1.807) is 0 Å². The maximum Gasteiger partial charge on any atom is 0.224 e. The normalized spacial score (nSPS) is 24.7. The topological polar surface area (TPSA) is 41.1 Å². The average Bonchev–Trinajstić information content (AvgIpc) is 2.53. The molecule has 1 aliphatic rings. The van der Waals surface area contributed by atoms with Crippen molar-refractivity contribution in [1.29, 1.82) is 0 Å². The highest BCUT2D eigenvalue weighted by Crippen LogP contribution is 2.68. The summed E-state index contributed by atoms with van der Waals surface area (Å²) in [4.78, 5) is 11.9. The van der Waals surface area contributed by atoms with Crippen LogP contribution in [0.15, 0.2) is 0 Å². The zero-order chi connectivity index (χ0) is 11.9. The third-order valence-electron chi connectivity index (χ3n) is 4.36. The van der Waals surface area contributed by atoms with Crippen LogP contribution < -0.4 is 10.6 Å². The van der Waals surface area contributed by atoms with E-state index in [1.165, 1.54) is 0 Å². The average molecular weight is 212 g/mol. The lowest BCUT2D eigenvalue weighted by molar-refractivity contribution is -0.123. The standard InChI is InChI=1S/C12H24N2O/c1-8(13-6)7-14-10(15)9-11(2,3)12(9,4)5/h8-9,13H,7H2,1-6H3,(H,14,15). The Hall–Kier alpha value is -0.570. The van der Waals surface area contributed by atoms with Gasteiger partial charge in [0.2, 0.25) is 5.91 Å². The summed E-state index contributed by atoms with van der Waals surface area (Å²) in [7, 11) is 1.90. The van der Waals surface area contributed by atoms with Crippen molar-refractivity contribution in [2.45, 2.75) is 40.7 Å². The molecule has 0 aromatic carbocycles. The predicted octanol–water partition coefficient (Wildman–Crippen LogP) is 1.39. The van der Waals surface area contributed by atoms with Gasteiger partial charge in [-0.25, -0.2) is 0 Å². The molecule has 1 fully saturated rings. The third kappa shape index (κ3) is 2.03. The molecule has 1 rings (SSSR count). The Morgan fingerprint density at radius 2 is 1.73 bits per heavy atom. The lowest BCUT2D eigenvalue weighted by atomic mass is 10.0. The second-order valence-electron chi connectivity index (χ2n) is 5.81. The molecule has 3 heteroatoms. The number of carbonyl (C=O) groups is 1. The van der Waals surface area contributed by atoms with Gasteiger partial charge in [-0.2, -0.15) is 0 Å². The van der Waals surface area contributed by atoms with Crippen molar-refractivity contribution >= 4 is 5.91 Å². The molecule has 1 atom stereocenters. The van der Waals surface area contributed by atoms with Gasteiger partial charge in [-0.1, -0.05) is 27.7 Å². The molecule has 1 unspecified atom stereocenters. The molecule has 0 radical (unpaired) electrons. The van der Waals surface area contributed by atoms with Gasteiger partial charge in [0, 0.05) is 18.5 Å². The van der Waals surface area contributed by atoms with Crippen molar-refractivity contribution in [2.24, 2.45) is 16.7 Å². The van der Waals surface area contributed by atoms with Crippen LogP contribution in [0.5, 0.6) is 0 Å². The largest absolute Gasteiger partial charge is 0.354 e. The number of hydrogen-bond acceptors (Lipinski definition) is 2. The second kappa shape index (κ2) is 3.78. The Morgan fingerprint density at radius 1 is 1.27 bits per heavy atom. The first-order chi connectivity index (χ1) is 6.75. The van der Waals surface area contributed by atoms with Gasteiger partial charge in [0.15, 0.2) is 0 Å². The smallest absolute Gasteiger partial charge is 0.224 e. The fourth-order valence-corrected chi connectivity index (χ4v) is 2.31. The van der Waals surface area contributed by atoms with Crippen LogP contribution in [-0.2, 0) is 4.79 Å². The Labute approximate surface area is 93.0 Å². The van der Waals surface area contributed by atoms with Crippen LogP contribution in [0.1, 0.15) is 34.6 Å². The van der Waals surface area contributed by atoms with E-state index in [2.05, 4.69) is 45.3 Å². The quantitative estimate of drug-likeness (QED) is 0.739. The number of carbonyl (C=O) groups excluding carboxylic acids is 1. The van der Waals surface area contributed by atoms with Crippen molar-refractivity contribution in [1.82, 2.24) is 10.6 Å². The number of nitrogens with one attached hydrogen (secondary N) is 2. The molecule has 0 bridgehead atoms. The molecular formula is C12H24N2O. The summed E-state index contributed by atoms with van der Waals surface area (Å²) in [6.45, 7) is 11.4. The molecule has 0 heterocycles. The van der Waals surface area contributed by atoms with Gasteiger partial charge in [-0.15, -0.1) is 0 Å². The Balaban J connectivity index is 2.45. The van der Waals surface area contributed by atoms with Crippen LogP contribution in [0.4, 0.5) is 0 Å². The van der Waals surface area contributed by atoms with Crippen LogP contribution in [-0.4, -0.2) is 25.5 Å². The maximum atomic E-state index is 11.9. The lowest BCUT2D eigenvalue weighted by Gasteiger charge is -2.12. The van der Waals surface area contributed by atoms with Gasteiger partial charge in [0.1, 0.15) is 0 Å². The second-order valence-corrected chi connectivity index (χ2v) is 5.81. The minimum atomic E-state index is 0.139. The van der Waals surface area contributed by atoms with Gasteiger partial charge in [-0.3, -0.25) is 4.79 Å². The molecule has 0 aliphatic heterocycles. The van der Waals surface area contributed by atoms with Crippen molar-refractivity contribution < 1.29 is 4.79 Å². The molecule has 1 aliphatic carbocycles. The van der Waals surface area contributed by atoms with Crippen LogP contribution in [0, 0.1) is 16.7 Å². The SMILES string of the molecule is CNC(C)CNC(=O)C1C(C)(C)C1(C)C. The van der Waals surface area contributed by atoms with Crippen LogP contribution in [0.2, 0.25) is 0 Å². The van der Waals surface area contributed by atoms with Crippen LogP contribution in [0.25, 0.3) is 0 Å². The first-order valence-electron chi connectivity index (χ1n) is 5.70. The van der Waals surface area contributed by atoms with Crippen molar-refractivity contribution in [2.75, 3.05) is 13.6 Å². The highest BCUT2D eigenvalue weighted by Gasteiger charge is 2.68. The Kier molecular flexibility index (Phi) is 3.15. The van der Waals surface area contributed by atoms with Gasteiger partial charge < -0.3 is 10.6 Å². The minimum Gasteiger partial charge on any atom is -0.354 e. The van der Waals surface area contributed by atoms with Crippen LogP contribution >= 0.6 is 0 Å². The summed E-state index contributed by atoms with van der Waals surface area (Å²) in [5.41, 5.74) is 0.278. The van der Waals surface area contributed by atoms with Gasteiger partial charge in [-0.05, 0) is 24.8 Å². The van der Waals surface area contributed by atoms with E-state index in [4.69, 9.17) is 0 Å². The number of hydrogen-bond donors (Lipinski definition) is 2. The van der Waals surface area contributed by atoms with E-state index in [0.29, 0.717) is 12.6 Å². The molecule has 2 N–H and O–H groups in total. The Bertz CT molecular complexity index is 244. The summed E-state index contributed by atoms with van der Waals surface area (Å²) in [6.07, 6.45) is 0. The highest BCUT2D eigenvalue weighted by molar-refractivity contribution is 5.84. The van der Waals surface area contributed by atoms with E-state index < -0.39 is 0 Å². The molecule has 0 spiro atoms. The zero-order valence-corrected chi connectivity index (χ0v) is 10.8. The van der Waals surface area contributed by atoms with E-state index in [1.807, 2.05) is 7.05 Å². The third-order valence-corrected chi connectivity index (χ3v) is 4.36. The predicted molar refractivity (Wildman–Crippen MR) is 62.6 cm³/mol. The molecule has 1 amide bonds. The first-order valence-corrected chi connectivity index (χ1v) is 5.70. The van der Waals surface area contributed by atoms with Gasteiger partial charge >= 0.3 is 0 Å². The van der Waals surface area contributed by atoms with Crippen LogP contribution in [0.3, 0.4) is 0 Å². The fourth-order valence-electron chi connectivity index (χ4n) is 2.31. The molecule has 1 saturated carbocycles. The lowest BCUT2D eigenvalue weighted by Crippen LogP contribution is -2.38. The first kappa shape index (κ1) is 12.5. The van der Waals surface area contributed by atoms with Crippen molar-refractivity contribution in [3.63, 3.8) is 0 Å². The summed E-state index contributed by atoms with van der Waals surface area (Å²) in [5, 5.41) is 6.11. The zero-order valence-electron chi connectivity index (χ0n) is 10.8. The maximum absolute atomic E-state index is 11.9. The summed E-state index contributed by atoms with van der Waals surface area (Å²) >= 11 is 0. The summed E-state index contributed by atoms with van der Waals surface area (Å²) < 4.78 is 0. The van der Waals surface area contributed by atoms with Crippen molar-refractivity contribution in [3.8, 4) is 0 Å². The molecular weight excluding hydrogens is 188 g/mol. The highest BCUT2D eigenvalue weighted by atomic mass is 16.2. The molecule has 15 heavy (non-hydrogen) atoms. The van der Waals surface area contributed by atoms with Gasteiger partial charge in [0.05, 0.1) is 0 Å². The number of amides is 1. The summed E-state index contributed by atoms with van der Waals surface area (Å²) in [5.74, 6) is 0.362.